The van der Waals surface area contributed by atoms with Gasteiger partial charge < -0.3 is 9.22 Å². The second-order valence-corrected chi connectivity index (χ2v) is 12.6. The van der Waals surface area contributed by atoms with E-state index in [2.05, 4.69) is 59.9 Å². The highest BCUT2D eigenvalue weighted by Gasteiger charge is 2.36. The molecular formula is C19H36O2Si. The summed E-state index contributed by atoms with van der Waals surface area (Å²) in [6.07, 6.45) is 10.4. The number of hydrogen-bond donors (Lipinski definition) is 0. The number of aldehydes is 1. The lowest BCUT2D eigenvalue weighted by Gasteiger charge is -2.36. The average Bonchev–Trinajstić information content (AvgIpc) is 2.40. The fraction of sp³-hybridized carbons (Fsp3) is 0.737. The van der Waals surface area contributed by atoms with Gasteiger partial charge in [-0.25, -0.2) is 0 Å². The smallest absolute Gasteiger partial charge is 0.192 e. The Labute approximate surface area is 139 Å². The SMILES string of the molecule is CC(=CCCCC=O)CCC=C(C)CO[Si](C)(C)C(C)(C)C. The molecule has 0 aliphatic heterocycles. The van der Waals surface area contributed by atoms with E-state index in [9.17, 15) is 4.79 Å². The summed E-state index contributed by atoms with van der Waals surface area (Å²) in [7, 11) is -1.63. The molecule has 0 heterocycles. The lowest BCUT2D eigenvalue weighted by molar-refractivity contribution is -0.107. The molecule has 0 unspecified atom stereocenters. The predicted octanol–water partition coefficient (Wildman–Crippen LogP) is 6.05. The van der Waals surface area contributed by atoms with Gasteiger partial charge in [-0.15, -0.1) is 0 Å². The second-order valence-electron chi connectivity index (χ2n) is 7.79. The maximum absolute atomic E-state index is 10.3. The van der Waals surface area contributed by atoms with Crippen molar-refractivity contribution < 1.29 is 9.22 Å². The van der Waals surface area contributed by atoms with Gasteiger partial charge in [0.05, 0.1) is 6.61 Å². The zero-order valence-corrected chi connectivity index (χ0v) is 16.8. The largest absolute Gasteiger partial charge is 0.413 e. The Bertz CT molecular complexity index is 387. The summed E-state index contributed by atoms with van der Waals surface area (Å²) in [6.45, 7) is 16.5. The maximum atomic E-state index is 10.3. The van der Waals surface area contributed by atoms with Gasteiger partial charge in [0, 0.05) is 6.42 Å². The van der Waals surface area contributed by atoms with Gasteiger partial charge in [0.2, 0.25) is 0 Å². The van der Waals surface area contributed by atoms with Gasteiger partial charge in [0.25, 0.3) is 0 Å². The highest BCUT2D eigenvalue weighted by Crippen LogP contribution is 2.36. The van der Waals surface area contributed by atoms with E-state index in [1.54, 1.807) is 0 Å². The molecule has 0 aliphatic carbocycles. The minimum Gasteiger partial charge on any atom is -0.413 e. The molecule has 3 heteroatoms. The zero-order chi connectivity index (χ0) is 17.2. The first-order valence-corrected chi connectivity index (χ1v) is 11.4. The normalized spacial score (nSPS) is 14.3. The van der Waals surface area contributed by atoms with Gasteiger partial charge in [0.15, 0.2) is 8.32 Å². The van der Waals surface area contributed by atoms with Crippen LogP contribution >= 0.6 is 0 Å². The highest BCUT2D eigenvalue weighted by atomic mass is 28.4. The van der Waals surface area contributed by atoms with Crippen molar-refractivity contribution in [3.63, 3.8) is 0 Å². The van der Waals surface area contributed by atoms with Crippen LogP contribution in [0.1, 0.15) is 66.7 Å². The van der Waals surface area contributed by atoms with Crippen molar-refractivity contribution in [2.75, 3.05) is 6.61 Å². The van der Waals surface area contributed by atoms with Gasteiger partial charge in [0.1, 0.15) is 6.29 Å². The van der Waals surface area contributed by atoms with E-state index in [-0.39, 0.29) is 5.04 Å². The molecule has 0 spiro atoms. The average molecular weight is 325 g/mol. The van der Waals surface area contributed by atoms with Crippen molar-refractivity contribution in [1.29, 1.82) is 0 Å². The summed E-state index contributed by atoms with van der Waals surface area (Å²) < 4.78 is 6.23. The molecule has 0 saturated heterocycles. The molecule has 0 aromatic heterocycles. The van der Waals surface area contributed by atoms with Gasteiger partial charge in [-0.1, -0.05) is 44.1 Å². The van der Waals surface area contributed by atoms with Crippen LogP contribution in [-0.4, -0.2) is 21.2 Å². The van der Waals surface area contributed by atoms with Crippen LogP contribution in [0.15, 0.2) is 23.3 Å². The van der Waals surface area contributed by atoms with Crippen LogP contribution in [0, 0.1) is 0 Å². The number of unbranched alkanes of at least 4 members (excludes halogenated alkanes) is 2. The summed E-state index contributed by atoms with van der Waals surface area (Å²) in [5.74, 6) is 0. The van der Waals surface area contributed by atoms with Crippen LogP contribution in [0.2, 0.25) is 18.1 Å². The highest BCUT2D eigenvalue weighted by molar-refractivity contribution is 6.74. The molecule has 0 rings (SSSR count). The van der Waals surface area contributed by atoms with Crippen molar-refractivity contribution in [3.05, 3.63) is 23.3 Å². The zero-order valence-electron chi connectivity index (χ0n) is 15.8. The topological polar surface area (TPSA) is 26.3 Å². The summed E-state index contributed by atoms with van der Waals surface area (Å²) in [5, 5.41) is 0.272. The van der Waals surface area contributed by atoms with Crippen molar-refractivity contribution >= 4 is 14.6 Å². The minimum absolute atomic E-state index is 0.272. The summed E-state index contributed by atoms with van der Waals surface area (Å²) >= 11 is 0. The fourth-order valence-electron chi connectivity index (χ4n) is 1.77. The van der Waals surface area contributed by atoms with E-state index in [4.69, 9.17) is 4.43 Å². The molecule has 0 atom stereocenters. The van der Waals surface area contributed by atoms with Gasteiger partial charge in [-0.05, 0) is 57.7 Å². The molecule has 0 aromatic carbocycles. The molecule has 2 nitrogen and oxygen atoms in total. The lowest BCUT2D eigenvalue weighted by atomic mass is 10.1. The number of carbonyl (C=O) groups is 1. The van der Waals surface area contributed by atoms with Crippen LogP contribution in [0.3, 0.4) is 0 Å². The number of allylic oxidation sites excluding steroid dienone is 3. The molecule has 0 fully saturated rings. The monoisotopic (exact) mass is 324 g/mol. The number of carbonyl (C=O) groups excluding carboxylic acids is 1. The first kappa shape index (κ1) is 21.3. The summed E-state index contributed by atoms with van der Waals surface area (Å²) in [6, 6.07) is 0. The second kappa shape index (κ2) is 10.2. The molecule has 0 radical (unpaired) electrons. The Morgan fingerprint density at radius 2 is 1.59 bits per heavy atom. The molecule has 0 aromatic rings. The van der Waals surface area contributed by atoms with E-state index in [0.717, 1.165) is 38.6 Å². The molecule has 0 N–H and O–H groups in total. The van der Waals surface area contributed by atoms with Crippen molar-refractivity contribution in [2.45, 2.75) is 84.9 Å². The first-order valence-electron chi connectivity index (χ1n) is 8.49. The van der Waals surface area contributed by atoms with Crippen LogP contribution in [0.5, 0.6) is 0 Å². The van der Waals surface area contributed by atoms with E-state index in [0.29, 0.717) is 6.42 Å². The molecule has 0 saturated carbocycles. The fourth-order valence-corrected chi connectivity index (χ4v) is 2.79. The first-order chi connectivity index (χ1) is 10.1. The van der Waals surface area contributed by atoms with Gasteiger partial charge >= 0.3 is 0 Å². The summed E-state index contributed by atoms with van der Waals surface area (Å²) in [5.41, 5.74) is 2.75. The Balaban J connectivity index is 4.11. The van der Waals surface area contributed by atoms with Crippen LogP contribution in [-0.2, 0) is 9.22 Å². The lowest BCUT2D eigenvalue weighted by Crippen LogP contribution is -2.41. The predicted molar refractivity (Wildman–Crippen MR) is 99.8 cm³/mol. The third-order valence-electron chi connectivity index (χ3n) is 4.52. The van der Waals surface area contributed by atoms with Crippen molar-refractivity contribution in [1.82, 2.24) is 0 Å². The molecule has 0 amide bonds. The molecule has 128 valence electrons. The van der Waals surface area contributed by atoms with Crippen molar-refractivity contribution in [2.24, 2.45) is 0 Å². The van der Waals surface area contributed by atoms with Crippen LogP contribution < -0.4 is 0 Å². The van der Waals surface area contributed by atoms with Gasteiger partial charge in [-0.2, -0.15) is 0 Å². The number of rotatable bonds is 10. The molecule has 0 aliphatic rings. The molecular weight excluding hydrogens is 288 g/mol. The third kappa shape index (κ3) is 9.37. The minimum atomic E-state index is -1.63. The molecule has 0 bridgehead atoms. The van der Waals surface area contributed by atoms with Crippen molar-refractivity contribution in [3.8, 4) is 0 Å². The summed E-state index contributed by atoms with van der Waals surface area (Å²) in [4.78, 5) is 10.3. The van der Waals surface area contributed by atoms with Gasteiger partial charge in [-0.3, -0.25) is 0 Å². The van der Waals surface area contributed by atoms with E-state index < -0.39 is 8.32 Å². The van der Waals surface area contributed by atoms with E-state index >= 15 is 0 Å². The quantitative estimate of drug-likeness (QED) is 0.211. The van der Waals surface area contributed by atoms with Crippen LogP contribution in [0.4, 0.5) is 0 Å². The Hall–Kier alpha value is -0.673. The Kier molecular flexibility index (Phi) is 9.86. The standard InChI is InChI=1S/C19H36O2Si/c1-17(12-9-8-10-15-20)13-11-14-18(2)16-21-22(6,7)19(3,4)5/h12,14-15H,8-11,13,16H2,1-7H3. The Morgan fingerprint density at radius 3 is 2.14 bits per heavy atom. The molecule has 22 heavy (non-hydrogen) atoms. The van der Waals surface area contributed by atoms with E-state index in [1.807, 2.05) is 0 Å². The van der Waals surface area contributed by atoms with E-state index in [1.165, 1.54) is 11.1 Å². The third-order valence-corrected chi connectivity index (χ3v) is 9.00. The Morgan fingerprint density at radius 1 is 1.00 bits per heavy atom. The maximum Gasteiger partial charge on any atom is 0.192 e. The van der Waals surface area contributed by atoms with Crippen LogP contribution in [0.25, 0.3) is 0 Å². The number of hydrogen-bond acceptors (Lipinski definition) is 2.